The van der Waals surface area contributed by atoms with Crippen LogP contribution in [0, 0.1) is 23.5 Å². The van der Waals surface area contributed by atoms with Gasteiger partial charge in [0.05, 0.1) is 10.7 Å². The first kappa shape index (κ1) is 18.7. The molecule has 0 heterocycles. The zero-order valence-electron chi connectivity index (χ0n) is 14.6. The Balaban J connectivity index is 1.83. The number of hydrogen-bond acceptors (Lipinski definition) is 2. The predicted molar refractivity (Wildman–Crippen MR) is 108 cm³/mol. The molecule has 0 radical (unpaired) electrons. The Labute approximate surface area is 162 Å². The van der Waals surface area contributed by atoms with Gasteiger partial charge in [-0.05, 0) is 53.5 Å². The van der Waals surface area contributed by atoms with Crippen LogP contribution in [0.3, 0.4) is 0 Å². The van der Waals surface area contributed by atoms with Gasteiger partial charge in [0.15, 0.2) is 5.82 Å². The third-order valence-electron chi connectivity index (χ3n) is 4.12. The summed E-state index contributed by atoms with van der Waals surface area (Å²) in [5.74, 6) is 4.17. The molecule has 0 unspecified atom stereocenters. The van der Waals surface area contributed by atoms with E-state index in [0.29, 0.717) is 5.56 Å². The molecule has 0 aliphatic rings. The van der Waals surface area contributed by atoms with Gasteiger partial charge in [-0.2, -0.15) is 4.99 Å². The van der Waals surface area contributed by atoms with E-state index in [-0.39, 0.29) is 11.3 Å². The maximum Gasteiger partial charge on any atom is 0.151 e. The molecule has 3 aromatic rings. The van der Waals surface area contributed by atoms with Crippen molar-refractivity contribution in [2.75, 3.05) is 0 Å². The molecule has 4 heteroatoms. The van der Waals surface area contributed by atoms with Crippen LogP contribution in [0.4, 0.5) is 14.5 Å². The van der Waals surface area contributed by atoms with Crippen LogP contribution in [-0.4, -0.2) is 5.16 Å². The minimum atomic E-state index is -0.691. The van der Waals surface area contributed by atoms with Crippen LogP contribution in [0.15, 0.2) is 65.7 Å². The van der Waals surface area contributed by atoms with Crippen molar-refractivity contribution in [3.05, 3.63) is 89.0 Å². The van der Waals surface area contributed by atoms with Gasteiger partial charge in [0.2, 0.25) is 0 Å². The summed E-state index contributed by atoms with van der Waals surface area (Å²) in [7, 11) is 0. The van der Waals surface area contributed by atoms with Crippen LogP contribution in [-0.2, 0) is 6.42 Å². The van der Waals surface area contributed by atoms with Crippen molar-refractivity contribution < 1.29 is 8.78 Å². The van der Waals surface area contributed by atoms with E-state index in [9.17, 15) is 8.78 Å². The first-order valence-electron chi connectivity index (χ1n) is 8.39. The van der Waals surface area contributed by atoms with Gasteiger partial charge < -0.3 is 0 Å². The van der Waals surface area contributed by atoms with Crippen LogP contribution in [0.1, 0.15) is 23.6 Å². The highest BCUT2D eigenvalue weighted by Crippen LogP contribution is 2.22. The second kappa shape index (κ2) is 8.51. The van der Waals surface area contributed by atoms with Crippen LogP contribution in [0.2, 0.25) is 0 Å². The highest BCUT2D eigenvalue weighted by molar-refractivity contribution is 7.78. The van der Waals surface area contributed by atoms with E-state index in [1.54, 1.807) is 0 Å². The lowest BCUT2D eigenvalue weighted by atomic mass is 10.0. The number of aryl methyl sites for hydroxylation is 1. The van der Waals surface area contributed by atoms with Gasteiger partial charge >= 0.3 is 0 Å². The fourth-order valence-electron chi connectivity index (χ4n) is 2.59. The molecule has 0 bridgehead atoms. The fraction of sp³-hybridized carbons (Fsp3) is 0.0870. The van der Waals surface area contributed by atoms with Gasteiger partial charge in [-0.25, -0.2) is 8.78 Å². The summed E-state index contributed by atoms with van der Waals surface area (Å²) >= 11 is 4.41. The second-order valence-corrected chi connectivity index (χ2v) is 6.05. The van der Waals surface area contributed by atoms with E-state index in [1.165, 1.54) is 5.56 Å². The fourth-order valence-corrected chi connectivity index (χ4v) is 2.68. The van der Waals surface area contributed by atoms with Gasteiger partial charge in [0, 0.05) is 11.6 Å². The Hall–Kier alpha value is -3.12. The summed E-state index contributed by atoms with van der Waals surface area (Å²) in [5, 5.41) is 2.02. The number of thiocarbonyl (C=S) groups is 1. The molecule has 0 spiro atoms. The summed E-state index contributed by atoms with van der Waals surface area (Å²) in [6.45, 7) is 2.12. The molecule has 0 atom stereocenters. The molecule has 132 valence electrons. The Morgan fingerprint density at radius 2 is 1.48 bits per heavy atom. The molecule has 0 aliphatic heterocycles. The van der Waals surface area contributed by atoms with Crippen molar-refractivity contribution >= 4 is 23.1 Å². The predicted octanol–water partition coefficient (Wildman–Crippen LogP) is 6.33. The monoisotopic (exact) mass is 375 g/mol. The van der Waals surface area contributed by atoms with Crippen LogP contribution in [0.25, 0.3) is 11.1 Å². The normalized spacial score (nSPS) is 9.89. The van der Waals surface area contributed by atoms with Crippen LogP contribution >= 0.6 is 12.2 Å². The van der Waals surface area contributed by atoms with E-state index in [1.807, 2.05) is 29.4 Å². The van der Waals surface area contributed by atoms with Crippen molar-refractivity contribution in [3.8, 4) is 23.0 Å². The first-order chi connectivity index (χ1) is 13.1. The van der Waals surface area contributed by atoms with Crippen molar-refractivity contribution in [1.82, 2.24) is 0 Å². The highest BCUT2D eigenvalue weighted by Gasteiger charge is 2.07. The number of isothiocyanates is 1. The van der Waals surface area contributed by atoms with Gasteiger partial charge in [0.1, 0.15) is 11.5 Å². The molecule has 0 saturated heterocycles. The Kier molecular flexibility index (Phi) is 5.88. The minimum absolute atomic E-state index is 0.0324. The average molecular weight is 375 g/mol. The lowest BCUT2D eigenvalue weighted by Gasteiger charge is -2.03. The number of benzene rings is 3. The van der Waals surface area contributed by atoms with Crippen LogP contribution in [0.5, 0.6) is 0 Å². The van der Waals surface area contributed by atoms with Crippen molar-refractivity contribution in [2.24, 2.45) is 4.99 Å². The smallest absolute Gasteiger partial charge is 0.151 e. The van der Waals surface area contributed by atoms with Gasteiger partial charge in [-0.3, -0.25) is 0 Å². The van der Waals surface area contributed by atoms with E-state index in [0.717, 1.165) is 29.7 Å². The van der Waals surface area contributed by atoms with E-state index in [4.69, 9.17) is 0 Å². The quantitative estimate of drug-likeness (QED) is 0.296. The van der Waals surface area contributed by atoms with Gasteiger partial charge in [0.25, 0.3) is 0 Å². The van der Waals surface area contributed by atoms with Crippen molar-refractivity contribution in [2.45, 2.75) is 13.3 Å². The van der Waals surface area contributed by atoms with E-state index in [2.05, 4.69) is 60.2 Å². The molecule has 0 aromatic heterocycles. The number of nitrogens with zero attached hydrogens (tertiary/aromatic N) is 1. The van der Waals surface area contributed by atoms with Crippen molar-refractivity contribution in [1.29, 1.82) is 0 Å². The molecule has 0 saturated carbocycles. The number of aliphatic imine (C=N–C) groups is 1. The maximum absolute atomic E-state index is 14.0. The molecule has 27 heavy (non-hydrogen) atoms. The van der Waals surface area contributed by atoms with Crippen molar-refractivity contribution in [3.63, 3.8) is 0 Å². The summed E-state index contributed by atoms with van der Waals surface area (Å²) in [5.41, 5.74) is 3.97. The van der Waals surface area contributed by atoms with Gasteiger partial charge in [-0.15, -0.1) is 0 Å². The first-order valence-corrected chi connectivity index (χ1v) is 8.80. The molecular weight excluding hydrogens is 360 g/mol. The molecule has 1 nitrogen and oxygen atoms in total. The SMILES string of the molecule is CCc1ccc(-c2ccc(C#Cc3cc(F)c(N=C=S)cc3F)cc2)cc1. The molecule has 0 aliphatic carbocycles. The van der Waals surface area contributed by atoms with E-state index >= 15 is 0 Å². The van der Waals surface area contributed by atoms with E-state index < -0.39 is 11.6 Å². The molecule has 0 amide bonds. The molecule has 0 fully saturated rings. The standard InChI is InChI=1S/C23H15F2NS/c1-2-16-3-8-18(9-4-16)19-10-5-17(6-11-19)7-12-20-13-22(25)23(26-15-27)14-21(20)24/h3-6,8-11,13-14H,2H2,1H3. The Bertz CT molecular complexity index is 1070. The second-order valence-electron chi connectivity index (χ2n) is 5.86. The minimum Gasteiger partial charge on any atom is -0.206 e. The Morgan fingerprint density at radius 1 is 0.852 bits per heavy atom. The zero-order valence-corrected chi connectivity index (χ0v) is 15.4. The van der Waals surface area contributed by atoms with Crippen LogP contribution < -0.4 is 0 Å². The zero-order chi connectivity index (χ0) is 19.2. The Morgan fingerprint density at radius 3 is 2.07 bits per heavy atom. The number of rotatable bonds is 3. The van der Waals surface area contributed by atoms with Gasteiger partial charge in [-0.1, -0.05) is 55.2 Å². The largest absolute Gasteiger partial charge is 0.206 e. The highest BCUT2D eigenvalue weighted by atomic mass is 32.1. The molecule has 3 rings (SSSR count). The third-order valence-corrected chi connectivity index (χ3v) is 4.22. The third kappa shape index (κ3) is 4.54. The summed E-state index contributed by atoms with van der Waals surface area (Å²) in [6.07, 6.45) is 1.00. The summed E-state index contributed by atoms with van der Waals surface area (Å²) < 4.78 is 27.8. The lowest BCUT2D eigenvalue weighted by molar-refractivity contribution is 0.599. The average Bonchev–Trinajstić information content (AvgIpc) is 2.70. The maximum atomic E-state index is 14.0. The lowest BCUT2D eigenvalue weighted by Crippen LogP contribution is -1.87. The number of hydrogen-bond donors (Lipinski definition) is 0. The topological polar surface area (TPSA) is 12.4 Å². The number of halogens is 2. The molecule has 0 N–H and O–H groups in total. The molecule has 3 aromatic carbocycles. The summed E-state index contributed by atoms with van der Waals surface area (Å²) in [6, 6.07) is 18.0. The summed E-state index contributed by atoms with van der Waals surface area (Å²) in [4.78, 5) is 3.48. The molecular formula is C23H15F2NS.